The van der Waals surface area contributed by atoms with Crippen LogP contribution in [0, 0.1) is 11.8 Å². The van der Waals surface area contributed by atoms with Gasteiger partial charge < -0.3 is 5.11 Å². The monoisotopic (exact) mass is 110 g/mol. The minimum absolute atomic E-state index is 0.587. The molecule has 2 unspecified atom stereocenters. The largest absolute Gasteiger partial charge is 0.512 e. The molecule has 0 aliphatic heterocycles. The summed E-state index contributed by atoms with van der Waals surface area (Å²) >= 11 is 0. The van der Waals surface area contributed by atoms with Crippen molar-refractivity contribution in [1.29, 1.82) is 0 Å². The van der Waals surface area contributed by atoms with Crippen LogP contribution in [0.1, 0.15) is 19.3 Å². The Balaban J connectivity index is 2.18. The van der Waals surface area contributed by atoms with Crippen LogP contribution in [0.25, 0.3) is 0 Å². The molecule has 2 aliphatic carbocycles. The number of fused-ring (bicyclic) bond motifs is 1. The third-order valence-corrected chi connectivity index (χ3v) is 2.19. The van der Waals surface area contributed by atoms with Crippen molar-refractivity contribution in [3.63, 3.8) is 0 Å². The standard InChI is InChI=1S/C7H10O/c8-7-3-1-2-5-4-6(5)7/h3,5-6,8H,1-2,4H2. The quantitative estimate of drug-likeness (QED) is 0.504. The van der Waals surface area contributed by atoms with Gasteiger partial charge in [-0.25, -0.2) is 0 Å². The van der Waals surface area contributed by atoms with Crippen molar-refractivity contribution in [2.24, 2.45) is 11.8 Å². The lowest BCUT2D eigenvalue weighted by Gasteiger charge is -2.03. The maximum Gasteiger partial charge on any atom is 0.0916 e. The van der Waals surface area contributed by atoms with Crippen molar-refractivity contribution in [2.75, 3.05) is 0 Å². The summed E-state index contributed by atoms with van der Waals surface area (Å²) < 4.78 is 0. The molecule has 0 bridgehead atoms. The van der Waals surface area contributed by atoms with Crippen LogP contribution in [0.15, 0.2) is 11.8 Å². The molecule has 0 aromatic rings. The molecule has 0 saturated heterocycles. The van der Waals surface area contributed by atoms with E-state index < -0.39 is 0 Å². The molecule has 0 radical (unpaired) electrons. The van der Waals surface area contributed by atoms with Gasteiger partial charge in [0.25, 0.3) is 0 Å². The van der Waals surface area contributed by atoms with Gasteiger partial charge in [0.2, 0.25) is 0 Å². The normalized spacial score (nSPS) is 42.8. The average Bonchev–Trinajstić information content (AvgIpc) is 2.45. The summed E-state index contributed by atoms with van der Waals surface area (Å²) in [4.78, 5) is 0. The van der Waals surface area contributed by atoms with Gasteiger partial charge in [0.1, 0.15) is 0 Å². The predicted octanol–water partition coefficient (Wildman–Crippen LogP) is 1.86. The van der Waals surface area contributed by atoms with Crippen LogP contribution < -0.4 is 0 Å². The van der Waals surface area contributed by atoms with Crippen molar-refractivity contribution in [3.8, 4) is 0 Å². The summed E-state index contributed by atoms with van der Waals surface area (Å²) in [6.07, 6.45) is 5.64. The Kier molecular flexibility index (Phi) is 0.706. The van der Waals surface area contributed by atoms with E-state index in [1.54, 1.807) is 0 Å². The zero-order chi connectivity index (χ0) is 5.56. The van der Waals surface area contributed by atoms with Crippen LogP contribution in [0.2, 0.25) is 0 Å². The zero-order valence-electron chi connectivity index (χ0n) is 4.80. The number of rotatable bonds is 0. The van der Waals surface area contributed by atoms with Crippen molar-refractivity contribution < 1.29 is 5.11 Å². The molecular formula is C7H10O. The van der Waals surface area contributed by atoms with Crippen molar-refractivity contribution in [1.82, 2.24) is 0 Å². The van der Waals surface area contributed by atoms with E-state index in [4.69, 9.17) is 5.11 Å². The van der Waals surface area contributed by atoms with Gasteiger partial charge in [-0.05, 0) is 31.3 Å². The highest BCUT2D eigenvalue weighted by Crippen LogP contribution is 2.49. The fourth-order valence-corrected chi connectivity index (χ4v) is 1.53. The van der Waals surface area contributed by atoms with E-state index in [-0.39, 0.29) is 0 Å². The van der Waals surface area contributed by atoms with Gasteiger partial charge in [0.15, 0.2) is 0 Å². The SMILES string of the molecule is OC1=CCCC2CC12. The molecule has 0 aromatic carbocycles. The van der Waals surface area contributed by atoms with Crippen molar-refractivity contribution in [2.45, 2.75) is 19.3 Å². The number of aliphatic hydroxyl groups is 1. The fraction of sp³-hybridized carbons (Fsp3) is 0.714. The van der Waals surface area contributed by atoms with E-state index >= 15 is 0 Å². The van der Waals surface area contributed by atoms with E-state index in [0.717, 1.165) is 12.3 Å². The van der Waals surface area contributed by atoms with Gasteiger partial charge >= 0.3 is 0 Å². The Morgan fingerprint density at radius 2 is 2.50 bits per heavy atom. The van der Waals surface area contributed by atoms with Crippen LogP contribution in [-0.4, -0.2) is 5.11 Å². The summed E-state index contributed by atoms with van der Waals surface area (Å²) in [6.45, 7) is 0. The molecule has 1 saturated carbocycles. The molecule has 2 rings (SSSR count). The lowest BCUT2D eigenvalue weighted by atomic mass is 10.1. The smallest absolute Gasteiger partial charge is 0.0916 e. The molecule has 8 heavy (non-hydrogen) atoms. The van der Waals surface area contributed by atoms with Crippen LogP contribution >= 0.6 is 0 Å². The first-order valence-electron chi connectivity index (χ1n) is 3.27. The van der Waals surface area contributed by atoms with E-state index in [0.29, 0.717) is 11.7 Å². The topological polar surface area (TPSA) is 20.2 Å². The van der Waals surface area contributed by atoms with Gasteiger partial charge in [-0.2, -0.15) is 0 Å². The van der Waals surface area contributed by atoms with Gasteiger partial charge in [-0.3, -0.25) is 0 Å². The second-order valence-electron chi connectivity index (χ2n) is 2.81. The Morgan fingerprint density at radius 3 is 3.12 bits per heavy atom. The molecular weight excluding hydrogens is 100 g/mol. The molecule has 1 fully saturated rings. The number of aliphatic hydroxyl groups excluding tert-OH is 1. The maximum absolute atomic E-state index is 9.08. The molecule has 0 spiro atoms. The molecule has 1 N–H and O–H groups in total. The highest BCUT2D eigenvalue weighted by atomic mass is 16.3. The number of allylic oxidation sites excluding steroid dienone is 2. The minimum atomic E-state index is 0.587. The highest BCUT2D eigenvalue weighted by Gasteiger charge is 2.41. The summed E-state index contributed by atoms with van der Waals surface area (Å²) in [6, 6.07) is 0. The lowest BCUT2D eigenvalue weighted by Crippen LogP contribution is -1.93. The molecule has 44 valence electrons. The van der Waals surface area contributed by atoms with Crippen molar-refractivity contribution >= 4 is 0 Å². The summed E-state index contributed by atoms with van der Waals surface area (Å²) in [5.74, 6) is 2.12. The fourth-order valence-electron chi connectivity index (χ4n) is 1.53. The van der Waals surface area contributed by atoms with Crippen LogP contribution in [0.4, 0.5) is 0 Å². The van der Waals surface area contributed by atoms with Crippen LogP contribution in [0.3, 0.4) is 0 Å². The zero-order valence-corrected chi connectivity index (χ0v) is 4.80. The molecule has 0 aromatic heterocycles. The predicted molar refractivity (Wildman–Crippen MR) is 31.5 cm³/mol. The van der Waals surface area contributed by atoms with Gasteiger partial charge in [-0.15, -0.1) is 0 Å². The lowest BCUT2D eigenvalue weighted by molar-refractivity contribution is 0.356. The van der Waals surface area contributed by atoms with E-state index in [2.05, 4.69) is 0 Å². The Morgan fingerprint density at radius 1 is 1.62 bits per heavy atom. The number of hydrogen-bond acceptors (Lipinski definition) is 1. The molecule has 1 heteroatoms. The first-order valence-corrected chi connectivity index (χ1v) is 3.27. The molecule has 0 amide bonds. The summed E-state index contributed by atoms with van der Waals surface area (Å²) in [5.41, 5.74) is 0. The van der Waals surface area contributed by atoms with E-state index in [1.807, 2.05) is 6.08 Å². The number of hydrogen-bond donors (Lipinski definition) is 1. The second kappa shape index (κ2) is 1.28. The molecule has 2 aliphatic rings. The first kappa shape index (κ1) is 4.42. The minimum Gasteiger partial charge on any atom is -0.512 e. The summed E-state index contributed by atoms with van der Waals surface area (Å²) in [7, 11) is 0. The van der Waals surface area contributed by atoms with Crippen molar-refractivity contribution in [3.05, 3.63) is 11.8 Å². The average molecular weight is 110 g/mol. The highest BCUT2D eigenvalue weighted by molar-refractivity contribution is 5.12. The van der Waals surface area contributed by atoms with Gasteiger partial charge in [-0.1, -0.05) is 0 Å². The third-order valence-electron chi connectivity index (χ3n) is 2.19. The van der Waals surface area contributed by atoms with E-state index in [1.165, 1.54) is 12.8 Å². The van der Waals surface area contributed by atoms with Gasteiger partial charge in [0.05, 0.1) is 5.76 Å². The van der Waals surface area contributed by atoms with Crippen LogP contribution in [-0.2, 0) is 0 Å². The second-order valence-corrected chi connectivity index (χ2v) is 2.81. The third kappa shape index (κ3) is 0.473. The Hall–Kier alpha value is -0.460. The Labute approximate surface area is 49.0 Å². The Bertz CT molecular complexity index is 137. The van der Waals surface area contributed by atoms with Gasteiger partial charge in [0, 0.05) is 5.92 Å². The maximum atomic E-state index is 9.08. The van der Waals surface area contributed by atoms with Crippen LogP contribution in [0.5, 0.6) is 0 Å². The first-order chi connectivity index (χ1) is 3.88. The molecule has 2 atom stereocenters. The molecule has 0 heterocycles. The molecule has 1 nitrogen and oxygen atoms in total. The summed E-state index contributed by atoms with van der Waals surface area (Å²) in [5, 5.41) is 9.08. The van der Waals surface area contributed by atoms with E-state index in [9.17, 15) is 0 Å².